The van der Waals surface area contributed by atoms with E-state index >= 15 is 0 Å². The number of amides is 3. The van der Waals surface area contributed by atoms with Crippen molar-refractivity contribution in [3.05, 3.63) is 65.4 Å². The van der Waals surface area contributed by atoms with E-state index in [0.717, 1.165) is 29.9 Å². The quantitative estimate of drug-likeness (QED) is 0.417. The number of para-hydroxylation sites is 2. The van der Waals surface area contributed by atoms with E-state index in [0.29, 0.717) is 30.3 Å². The van der Waals surface area contributed by atoms with Crippen LogP contribution in [0.4, 0.5) is 22.0 Å². The maximum atomic E-state index is 12.7. The number of hydrogen-bond acceptors (Lipinski definition) is 6. The fourth-order valence-corrected chi connectivity index (χ4v) is 4.53. The first kappa shape index (κ1) is 22.7. The number of benzene rings is 2. The first-order valence-corrected chi connectivity index (χ1v) is 11.7. The monoisotopic (exact) mass is 475 g/mol. The molecule has 3 aromatic rings. The second kappa shape index (κ2) is 10.1. The number of methoxy groups -OCH3 is 1. The van der Waals surface area contributed by atoms with Crippen LogP contribution in [0.3, 0.4) is 0 Å². The zero-order valence-corrected chi connectivity index (χ0v) is 19.6. The van der Waals surface area contributed by atoms with E-state index in [9.17, 15) is 9.59 Å². The molecule has 0 spiro atoms. The highest BCUT2D eigenvalue weighted by Gasteiger charge is 2.27. The minimum absolute atomic E-state index is 0.131. The van der Waals surface area contributed by atoms with Gasteiger partial charge in [0.15, 0.2) is 5.82 Å². The summed E-state index contributed by atoms with van der Waals surface area (Å²) in [5, 5.41) is 14.7. The van der Waals surface area contributed by atoms with Crippen LogP contribution in [0.5, 0.6) is 5.75 Å². The molecular weight excluding hydrogens is 446 g/mol. The van der Waals surface area contributed by atoms with Gasteiger partial charge in [0.25, 0.3) is 0 Å². The van der Waals surface area contributed by atoms with Crippen LogP contribution in [0.25, 0.3) is 0 Å². The number of carbonyl (C=O) groups is 2. The zero-order valence-electron chi connectivity index (χ0n) is 19.6. The van der Waals surface area contributed by atoms with Gasteiger partial charge in [0.05, 0.1) is 31.5 Å². The van der Waals surface area contributed by atoms with Gasteiger partial charge in [-0.3, -0.25) is 15.3 Å². The van der Waals surface area contributed by atoms with Gasteiger partial charge in [-0.25, -0.2) is 9.80 Å². The predicted octanol–water partition coefficient (Wildman–Crippen LogP) is 3.25. The van der Waals surface area contributed by atoms with Crippen LogP contribution < -0.4 is 25.7 Å². The number of aromatic amines is 1. The van der Waals surface area contributed by atoms with E-state index in [-0.39, 0.29) is 18.4 Å². The summed E-state index contributed by atoms with van der Waals surface area (Å²) >= 11 is 0. The van der Waals surface area contributed by atoms with E-state index in [1.165, 1.54) is 18.5 Å². The number of ether oxygens (including phenoxy) is 1. The number of nitrogens with one attached hydrogen (secondary N) is 4. The summed E-state index contributed by atoms with van der Waals surface area (Å²) in [4.78, 5) is 27.5. The van der Waals surface area contributed by atoms with Gasteiger partial charge in [-0.05, 0) is 42.7 Å². The van der Waals surface area contributed by atoms with Crippen molar-refractivity contribution in [3.63, 3.8) is 0 Å². The lowest BCUT2D eigenvalue weighted by Gasteiger charge is -2.18. The molecule has 0 unspecified atom stereocenters. The Bertz CT molecular complexity index is 1200. The number of carbonyl (C=O) groups excluding carboxylic acids is 2. The van der Waals surface area contributed by atoms with Gasteiger partial charge in [-0.2, -0.15) is 5.10 Å². The summed E-state index contributed by atoms with van der Waals surface area (Å²) in [6.07, 6.45) is 2.74. The molecule has 0 radical (unpaired) electrons. The average Bonchev–Trinajstić information content (AvgIpc) is 3.59. The summed E-state index contributed by atoms with van der Waals surface area (Å²) in [5.74, 6) is 0.941. The summed E-state index contributed by atoms with van der Waals surface area (Å²) in [6.45, 7) is 3.07. The van der Waals surface area contributed by atoms with Crippen molar-refractivity contribution in [1.82, 2.24) is 20.6 Å². The van der Waals surface area contributed by atoms with E-state index in [1.807, 2.05) is 24.3 Å². The molecule has 182 valence electrons. The number of hydrazine groups is 1. The summed E-state index contributed by atoms with van der Waals surface area (Å²) < 4.78 is 5.27. The molecule has 1 fully saturated rings. The van der Waals surface area contributed by atoms with E-state index in [2.05, 4.69) is 43.3 Å². The second-order valence-corrected chi connectivity index (χ2v) is 8.74. The van der Waals surface area contributed by atoms with E-state index < -0.39 is 0 Å². The third kappa shape index (κ3) is 5.22. The van der Waals surface area contributed by atoms with Gasteiger partial charge in [0.1, 0.15) is 5.75 Å². The maximum Gasteiger partial charge on any atom is 0.333 e. The van der Waals surface area contributed by atoms with E-state index in [1.54, 1.807) is 24.3 Å². The normalized spacial score (nSPS) is 15.1. The molecule has 1 aromatic heterocycles. The maximum absolute atomic E-state index is 12.7. The Hall–Kier alpha value is -4.05. The van der Waals surface area contributed by atoms with Crippen molar-refractivity contribution in [3.8, 4) is 5.75 Å². The Labute approximate surface area is 203 Å². The molecule has 10 nitrogen and oxygen atoms in total. The molecule has 4 N–H and O–H groups in total. The highest BCUT2D eigenvalue weighted by Crippen LogP contribution is 2.27. The SMILES string of the molecule is COc1ccccc1NC(=O)NN1Cc2[nH]nc(NC(=O)Cc3ccc(N4CCCC4)cc3)c2C1. The number of H-pyrrole nitrogens is 1. The number of urea groups is 1. The third-order valence-corrected chi connectivity index (χ3v) is 6.30. The van der Waals surface area contributed by atoms with Crippen LogP contribution in [-0.4, -0.2) is 47.3 Å². The Kier molecular flexibility index (Phi) is 6.53. The summed E-state index contributed by atoms with van der Waals surface area (Å²) in [7, 11) is 1.55. The lowest BCUT2D eigenvalue weighted by Crippen LogP contribution is -2.41. The Balaban J connectivity index is 1.14. The van der Waals surface area contributed by atoms with Crippen LogP contribution in [0.15, 0.2) is 48.5 Å². The Morgan fingerprint density at radius 2 is 1.80 bits per heavy atom. The highest BCUT2D eigenvalue weighted by molar-refractivity contribution is 5.92. The molecule has 3 amide bonds. The fraction of sp³-hybridized carbons (Fsp3) is 0.320. The molecule has 2 aromatic carbocycles. The average molecular weight is 476 g/mol. The Morgan fingerprint density at radius 3 is 2.57 bits per heavy atom. The molecule has 1 saturated heterocycles. The number of anilines is 3. The molecule has 0 saturated carbocycles. The number of fused-ring (bicyclic) bond motifs is 1. The smallest absolute Gasteiger partial charge is 0.333 e. The topological polar surface area (TPSA) is 115 Å². The van der Waals surface area contributed by atoms with Crippen LogP contribution in [0.2, 0.25) is 0 Å². The molecule has 10 heteroatoms. The Morgan fingerprint density at radius 1 is 1.03 bits per heavy atom. The molecule has 2 aliphatic heterocycles. The number of hydrogen-bond donors (Lipinski definition) is 4. The predicted molar refractivity (Wildman–Crippen MR) is 133 cm³/mol. The van der Waals surface area contributed by atoms with Crippen molar-refractivity contribution < 1.29 is 14.3 Å². The van der Waals surface area contributed by atoms with Crippen molar-refractivity contribution in [1.29, 1.82) is 0 Å². The van der Waals surface area contributed by atoms with Crippen LogP contribution >= 0.6 is 0 Å². The van der Waals surface area contributed by atoms with Gasteiger partial charge in [0.2, 0.25) is 5.91 Å². The molecule has 35 heavy (non-hydrogen) atoms. The minimum atomic E-state index is -0.379. The van der Waals surface area contributed by atoms with Crippen molar-refractivity contribution in [2.24, 2.45) is 0 Å². The summed E-state index contributed by atoms with van der Waals surface area (Å²) in [6, 6.07) is 15.0. The molecular formula is C25H29N7O3. The first-order chi connectivity index (χ1) is 17.1. The van der Waals surface area contributed by atoms with E-state index in [4.69, 9.17) is 4.74 Å². The fourth-order valence-electron chi connectivity index (χ4n) is 4.53. The zero-order chi connectivity index (χ0) is 24.2. The van der Waals surface area contributed by atoms with Crippen molar-refractivity contribution in [2.75, 3.05) is 35.7 Å². The number of rotatable bonds is 7. The molecule has 5 rings (SSSR count). The number of aromatic nitrogens is 2. The van der Waals surface area contributed by atoms with Crippen molar-refractivity contribution >= 4 is 29.1 Å². The molecule has 0 aliphatic carbocycles. The first-order valence-electron chi connectivity index (χ1n) is 11.7. The van der Waals surface area contributed by atoms with Crippen LogP contribution in [0, 0.1) is 0 Å². The largest absolute Gasteiger partial charge is 0.495 e. The number of nitrogens with zero attached hydrogens (tertiary/aromatic N) is 3. The van der Waals surface area contributed by atoms with Crippen LogP contribution in [-0.2, 0) is 24.3 Å². The van der Waals surface area contributed by atoms with Gasteiger partial charge < -0.3 is 20.3 Å². The van der Waals surface area contributed by atoms with Crippen LogP contribution in [0.1, 0.15) is 29.7 Å². The van der Waals surface area contributed by atoms with Gasteiger partial charge >= 0.3 is 6.03 Å². The molecule has 0 bridgehead atoms. The minimum Gasteiger partial charge on any atom is -0.495 e. The second-order valence-electron chi connectivity index (χ2n) is 8.74. The third-order valence-electron chi connectivity index (χ3n) is 6.30. The van der Waals surface area contributed by atoms with Gasteiger partial charge in [-0.15, -0.1) is 0 Å². The highest BCUT2D eigenvalue weighted by atomic mass is 16.5. The van der Waals surface area contributed by atoms with Crippen molar-refractivity contribution in [2.45, 2.75) is 32.4 Å². The molecule has 3 heterocycles. The standard InChI is InChI=1S/C25H29N7O3/c1-35-22-7-3-2-6-20(22)26-25(34)30-32-15-19-21(16-32)28-29-24(19)27-23(33)14-17-8-10-18(11-9-17)31-12-4-5-13-31/h2-3,6-11H,4-5,12-16H2,1H3,(H2,26,30,34)(H2,27,28,29,33). The van der Waals surface area contributed by atoms with Gasteiger partial charge in [0, 0.05) is 30.9 Å². The van der Waals surface area contributed by atoms with Gasteiger partial charge in [-0.1, -0.05) is 24.3 Å². The molecule has 0 atom stereocenters. The summed E-state index contributed by atoms with van der Waals surface area (Å²) in [5.41, 5.74) is 7.28. The lowest BCUT2D eigenvalue weighted by molar-refractivity contribution is -0.115. The lowest BCUT2D eigenvalue weighted by atomic mass is 10.1. The molecule has 2 aliphatic rings.